The first kappa shape index (κ1) is 12.9. The molecule has 1 N–H and O–H groups in total. The molecule has 2 aliphatic heterocycles. The van der Waals surface area contributed by atoms with Gasteiger partial charge in [-0.2, -0.15) is 16.9 Å². The molecule has 20 heavy (non-hydrogen) atoms. The van der Waals surface area contributed by atoms with Crippen molar-refractivity contribution < 1.29 is 9.72 Å². The highest BCUT2D eigenvalue weighted by molar-refractivity contribution is 7.99. The van der Waals surface area contributed by atoms with Gasteiger partial charge in [0, 0.05) is 35.7 Å². The monoisotopic (exact) mass is 292 g/mol. The van der Waals surface area contributed by atoms with Gasteiger partial charge in [0.1, 0.15) is 6.04 Å². The number of hydrogen-bond donors (Lipinski definition) is 1. The van der Waals surface area contributed by atoms with E-state index in [2.05, 4.69) is 10.5 Å². The van der Waals surface area contributed by atoms with Crippen molar-refractivity contribution in [2.24, 2.45) is 5.10 Å². The van der Waals surface area contributed by atoms with Gasteiger partial charge in [0.25, 0.3) is 11.6 Å². The average Bonchev–Trinajstić information content (AvgIpc) is 2.48. The first-order chi connectivity index (χ1) is 9.66. The Hall–Kier alpha value is -2.09. The Bertz CT molecular complexity index is 604. The van der Waals surface area contributed by atoms with Gasteiger partial charge in [0.2, 0.25) is 0 Å². The number of fused-ring (bicyclic) bond motifs is 1. The molecule has 0 aliphatic carbocycles. The van der Waals surface area contributed by atoms with E-state index in [1.54, 1.807) is 23.9 Å². The predicted molar refractivity (Wildman–Crippen MR) is 75.6 cm³/mol. The molecular formula is C12H12N4O3S. The molecular weight excluding hydrogens is 280 g/mol. The van der Waals surface area contributed by atoms with Crippen molar-refractivity contribution in [2.75, 3.05) is 18.1 Å². The molecule has 0 spiro atoms. The summed E-state index contributed by atoms with van der Waals surface area (Å²) >= 11 is 1.72. The summed E-state index contributed by atoms with van der Waals surface area (Å²) in [6, 6.07) is 6.06. The molecule has 1 atom stereocenters. The third-order valence-corrected chi connectivity index (χ3v) is 4.31. The number of carbonyl (C=O) groups excluding carboxylic acids is 1. The Labute approximate surface area is 119 Å². The molecule has 1 aromatic rings. The number of carbonyl (C=O) groups is 1. The van der Waals surface area contributed by atoms with E-state index in [9.17, 15) is 14.9 Å². The van der Waals surface area contributed by atoms with Crippen LogP contribution in [0.25, 0.3) is 0 Å². The maximum atomic E-state index is 11.8. The second kappa shape index (κ2) is 5.12. The fourth-order valence-corrected chi connectivity index (χ4v) is 3.36. The van der Waals surface area contributed by atoms with Crippen LogP contribution in [-0.4, -0.2) is 45.7 Å². The molecule has 0 saturated carbocycles. The van der Waals surface area contributed by atoms with Crippen molar-refractivity contribution in [3.05, 3.63) is 39.9 Å². The van der Waals surface area contributed by atoms with Gasteiger partial charge >= 0.3 is 0 Å². The second-order valence-electron chi connectivity index (χ2n) is 4.50. The molecule has 1 fully saturated rings. The molecule has 0 bridgehead atoms. The van der Waals surface area contributed by atoms with Gasteiger partial charge in [-0.3, -0.25) is 14.9 Å². The summed E-state index contributed by atoms with van der Waals surface area (Å²) in [7, 11) is 0. The van der Waals surface area contributed by atoms with E-state index in [1.165, 1.54) is 12.1 Å². The number of hydrazone groups is 1. The summed E-state index contributed by atoms with van der Waals surface area (Å²) in [5.74, 6) is 2.10. The lowest BCUT2D eigenvalue weighted by atomic mass is 10.1. The number of benzene rings is 1. The van der Waals surface area contributed by atoms with Crippen LogP contribution in [0.3, 0.4) is 0 Å². The summed E-state index contributed by atoms with van der Waals surface area (Å²) in [6.07, 6.45) is 0. The fourth-order valence-electron chi connectivity index (χ4n) is 2.31. The third-order valence-electron chi connectivity index (χ3n) is 3.29. The quantitative estimate of drug-likeness (QED) is 0.643. The van der Waals surface area contributed by atoms with Gasteiger partial charge in [0.15, 0.2) is 5.84 Å². The third kappa shape index (κ3) is 2.22. The Kier molecular flexibility index (Phi) is 3.31. The zero-order valence-corrected chi connectivity index (χ0v) is 11.3. The highest BCUT2D eigenvalue weighted by Crippen LogP contribution is 2.23. The molecule has 7 nitrogen and oxygen atoms in total. The molecule has 0 unspecified atom stereocenters. The number of nitro benzene ring substituents is 1. The summed E-state index contributed by atoms with van der Waals surface area (Å²) in [5.41, 5.74) is 3.17. The zero-order chi connectivity index (χ0) is 14.1. The lowest BCUT2D eigenvalue weighted by Crippen LogP contribution is -2.57. The molecule has 3 rings (SSSR count). The normalized spacial score (nSPS) is 21.8. The zero-order valence-electron chi connectivity index (χ0n) is 10.5. The van der Waals surface area contributed by atoms with Crippen molar-refractivity contribution in [3.8, 4) is 0 Å². The molecule has 1 saturated heterocycles. The largest absolute Gasteiger partial charge is 0.341 e. The second-order valence-corrected chi connectivity index (χ2v) is 5.65. The smallest absolute Gasteiger partial charge is 0.270 e. The highest BCUT2D eigenvalue weighted by atomic mass is 32.2. The number of non-ortho nitro benzene ring substituents is 1. The molecule has 104 valence electrons. The van der Waals surface area contributed by atoms with E-state index in [1.807, 2.05) is 4.90 Å². The van der Waals surface area contributed by atoms with Crippen molar-refractivity contribution in [3.63, 3.8) is 0 Å². The molecule has 2 aliphatic rings. The Morgan fingerprint density at radius 1 is 1.50 bits per heavy atom. The van der Waals surface area contributed by atoms with Gasteiger partial charge in [-0.1, -0.05) is 12.1 Å². The van der Waals surface area contributed by atoms with Crippen molar-refractivity contribution in [1.82, 2.24) is 10.3 Å². The van der Waals surface area contributed by atoms with Crippen LogP contribution in [0, 0.1) is 10.1 Å². The number of amidine groups is 1. The van der Waals surface area contributed by atoms with Crippen molar-refractivity contribution >= 4 is 29.2 Å². The predicted octanol–water partition coefficient (Wildman–Crippen LogP) is 0.804. The van der Waals surface area contributed by atoms with Crippen LogP contribution in [0.1, 0.15) is 5.56 Å². The minimum atomic E-state index is -0.436. The van der Waals surface area contributed by atoms with Crippen LogP contribution >= 0.6 is 11.8 Å². The van der Waals surface area contributed by atoms with Crippen LogP contribution in [0.5, 0.6) is 0 Å². The number of thioether (sulfide) groups is 1. The van der Waals surface area contributed by atoms with Gasteiger partial charge in [-0.15, -0.1) is 0 Å². The summed E-state index contributed by atoms with van der Waals surface area (Å²) in [5, 5.41) is 14.9. The van der Waals surface area contributed by atoms with Crippen LogP contribution in [0.4, 0.5) is 5.69 Å². The lowest BCUT2D eigenvalue weighted by Gasteiger charge is -2.38. The molecule has 1 aromatic carbocycles. The van der Waals surface area contributed by atoms with Crippen LogP contribution in [0.2, 0.25) is 0 Å². The van der Waals surface area contributed by atoms with Crippen LogP contribution in [-0.2, 0) is 4.79 Å². The number of nitro groups is 1. The lowest BCUT2D eigenvalue weighted by molar-refractivity contribution is -0.384. The molecule has 2 heterocycles. The minimum absolute atomic E-state index is 0.0186. The number of nitrogens with one attached hydrogen (secondary N) is 1. The van der Waals surface area contributed by atoms with E-state index < -0.39 is 4.92 Å². The molecule has 1 amide bonds. The van der Waals surface area contributed by atoms with Crippen LogP contribution < -0.4 is 5.43 Å². The standard InChI is InChI=1S/C12H12N4O3S/c17-12-10-7-20-5-4-15(10)11(13-14-12)8-2-1-3-9(6-8)16(18)19/h1-3,6,10H,4-5,7H2,(H,14,17)/t10-/m1/s1. The first-order valence-electron chi connectivity index (χ1n) is 6.13. The minimum Gasteiger partial charge on any atom is -0.341 e. The van der Waals surface area contributed by atoms with E-state index in [-0.39, 0.29) is 17.6 Å². The summed E-state index contributed by atoms with van der Waals surface area (Å²) < 4.78 is 0. The van der Waals surface area contributed by atoms with Crippen molar-refractivity contribution in [1.29, 1.82) is 0 Å². The van der Waals surface area contributed by atoms with E-state index in [0.29, 0.717) is 23.7 Å². The Balaban J connectivity index is 1.98. The van der Waals surface area contributed by atoms with Gasteiger partial charge in [-0.25, -0.2) is 5.43 Å². The Morgan fingerprint density at radius 3 is 3.15 bits per heavy atom. The SMILES string of the molecule is O=C1NN=C(c2cccc([N+](=O)[O-])c2)N2CCSC[C@H]12. The van der Waals surface area contributed by atoms with E-state index in [4.69, 9.17) is 0 Å². The number of rotatable bonds is 2. The molecule has 8 heteroatoms. The van der Waals surface area contributed by atoms with Gasteiger partial charge in [0.05, 0.1) is 4.92 Å². The summed E-state index contributed by atoms with van der Waals surface area (Å²) in [6.45, 7) is 0.713. The number of nitrogens with zero attached hydrogens (tertiary/aromatic N) is 3. The topological polar surface area (TPSA) is 87.8 Å². The first-order valence-corrected chi connectivity index (χ1v) is 7.29. The Morgan fingerprint density at radius 2 is 2.35 bits per heavy atom. The maximum absolute atomic E-state index is 11.8. The number of amides is 1. The highest BCUT2D eigenvalue weighted by Gasteiger charge is 2.35. The molecule has 0 aromatic heterocycles. The van der Waals surface area contributed by atoms with E-state index in [0.717, 1.165) is 5.75 Å². The number of hydrogen-bond acceptors (Lipinski definition) is 6. The van der Waals surface area contributed by atoms with Crippen molar-refractivity contribution in [2.45, 2.75) is 6.04 Å². The van der Waals surface area contributed by atoms with E-state index >= 15 is 0 Å². The fraction of sp³-hybridized carbons (Fsp3) is 0.333. The average molecular weight is 292 g/mol. The van der Waals surface area contributed by atoms with Crippen LogP contribution in [0.15, 0.2) is 29.4 Å². The molecule has 0 radical (unpaired) electrons. The summed E-state index contributed by atoms with van der Waals surface area (Å²) in [4.78, 5) is 24.1. The van der Waals surface area contributed by atoms with Gasteiger partial charge < -0.3 is 4.90 Å². The maximum Gasteiger partial charge on any atom is 0.270 e. The van der Waals surface area contributed by atoms with Gasteiger partial charge in [-0.05, 0) is 0 Å².